The molecule has 1 aromatic carbocycles. The van der Waals surface area contributed by atoms with Crippen molar-refractivity contribution in [3.63, 3.8) is 0 Å². The minimum absolute atomic E-state index is 0.0635. The Bertz CT molecular complexity index is 301. The van der Waals surface area contributed by atoms with Crippen molar-refractivity contribution in [2.45, 2.75) is 0 Å². The van der Waals surface area contributed by atoms with Gasteiger partial charge in [0.15, 0.2) is 6.29 Å². The molecule has 0 saturated carbocycles. The summed E-state index contributed by atoms with van der Waals surface area (Å²) in [4.78, 5) is 10.2. The molecular formula is C7H4ClFO. The summed E-state index contributed by atoms with van der Waals surface area (Å²) in [5, 5.41) is -0.285. The highest BCUT2D eigenvalue weighted by atomic mass is 35.5. The summed E-state index contributed by atoms with van der Waals surface area (Å²) in [5.74, 6) is -0.676. The van der Waals surface area contributed by atoms with Gasteiger partial charge in [-0.15, -0.1) is 0 Å². The van der Waals surface area contributed by atoms with E-state index in [2.05, 4.69) is 0 Å². The van der Waals surface area contributed by atoms with Crippen LogP contribution in [0.15, 0.2) is 18.2 Å². The van der Waals surface area contributed by atoms with Crippen molar-refractivity contribution in [2.24, 2.45) is 0 Å². The summed E-state index contributed by atoms with van der Waals surface area (Å²) in [6.07, 6.45) is 0.369. The molecule has 0 N–H and O–H groups in total. The number of hydrogen-bond donors (Lipinski definition) is 0. The van der Waals surface area contributed by atoms with Gasteiger partial charge in [0.05, 0.1) is 6.39 Å². The van der Waals surface area contributed by atoms with Gasteiger partial charge in [0.1, 0.15) is 5.82 Å². The van der Waals surface area contributed by atoms with Crippen LogP contribution in [0.25, 0.3) is 0 Å². The average molecular weight is 160 g/mol. The first-order valence-corrected chi connectivity index (χ1v) is 2.94. The highest BCUT2D eigenvalue weighted by Crippen LogP contribution is 2.17. The van der Waals surface area contributed by atoms with Crippen molar-refractivity contribution in [3.05, 3.63) is 34.6 Å². The fourth-order valence-corrected chi connectivity index (χ4v) is 0.718. The van der Waals surface area contributed by atoms with E-state index in [4.69, 9.17) is 13.0 Å². The van der Waals surface area contributed by atoms with E-state index in [0.717, 1.165) is 6.07 Å². The Kier molecular flexibility index (Phi) is 1.64. The molecule has 0 aliphatic carbocycles. The number of hydrogen-bond acceptors (Lipinski definition) is 1. The lowest BCUT2D eigenvalue weighted by Gasteiger charge is -1.94. The average Bonchev–Trinajstić information content (AvgIpc) is 1.99. The Morgan fingerprint density at radius 1 is 1.80 bits per heavy atom. The molecular weight excluding hydrogens is 155 g/mol. The van der Waals surface area contributed by atoms with Gasteiger partial charge in [0, 0.05) is 5.56 Å². The smallest absolute Gasteiger partial charge is 0.151 e. The monoisotopic (exact) mass is 159 g/mol. The Morgan fingerprint density at radius 3 is 3.00 bits per heavy atom. The highest BCUT2D eigenvalue weighted by Gasteiger charge is 2.02. The second-order valence-electron chi connectivity index (χ2n) is 1.67. The van der Waals surface area contributed by atoms with E-state index in [1.54, 1.807) is 0 Å². The number of halogens is 2. The van der Waals surface area contributed by atoms with Crippen LogP contribution in [-0.4, -0.2) is 6.29 Å². The molecule has 0 fully saturated rings. The van der Waals surface area contributed by atoms with Crippen molar-refractivity contribution in [2.75, 3.05) is 0 Å². The summed E-state index contributed by atoms with van der Waals surface area (Å²) in [5.41, 5.74) is -0.105. The topological polar surface area (TPSA) is 17.1 Å². The SMILES string of the molecule is [2H]c1ccc(F)c(Cl)c1C=O. The molecule has 1 aromatic rings. The van der Waals surface area contributed by atoms with Crippen molar-refractivity contribution in [1.29, 1.82) is 0 Å². The fraction of sp³-hybridized carbons (Fsp3) is 0. The van der Waals surface area contributed by atoms with Gasteiger partial charge in [-0.2, -0.15) is 0 Å². The summed E-state index contributed by atoms with van der Waals surface area (Å²) in [6.45, 7) is 0. The van der Waals surface area contributed by atoms with E-state index >= 15 is 0 Å². The molecule has 0 saturated heterocycles. The van der Waals surface area contributed by atoms with Crippen LogP contribution in [0.3, 0.4) is 0 Å². The molecule has 0 aliphatic heterocycles. The Hall–Kier alpha value is -0.890. The zero-order chi connectivity index (χ0) is 8.43. The molecule has 0 unspecified atom stereocenters. The molecule has 1 nitrogen and oxygen atoms in total. The maximum Gasteiger partial charge on any atom is 0.151 e. The zero-order valence-corrected chi connectivity index (χ0v) is 5.65. The minimum Gasteiger partial charge on any atom is -0.298 e. The van der Waals surface area contributed by atoms with E-state index in [0.29, 0.717) is 6.29 Å². The van der Waals surface area contributed by atoms with Crippen LogP contribution in [0.1, 0.15) is 11.7 Å². The van der Waals surface area contributed by atoms with Crippen LogP contribution in [0, 0.1) is 5.82 Å². The first kappa shape index (κ1) is 5.86. The molecule has 1 rings (SSSR count). The van der Waals surface area contributed by atoms with Gasteiger partial charge < -0.3 is 0 Å². The van der Waals surface area contributed by atoms with Crippen molar-refractivity contribution < 1.29 is 10.6 Å². The van der Waals surface area contributed by atoms with Gasteiger partial charge in [0.25, 0.3) is 0 Å². The molecule has 0 aromatic heterocycles. The molecule has 3 heteroatoms. The van der Waals surface area contributed by atoms with E-state index in [9.17, 15) is 9.18 Å². The normalized spacial score (nSPS) is 10.8. The highest BCUT2D eigenvalue weighted by molar-refractivity contribution is 6.33. The molecule has 0 spiro atoms. The predicted molar refractivity (Wildman–Crippen MR) is 36.8 cm³/mol. The van der Waals surface area contributed by atoms with E-state index in [1.165, 1.54) is 6.07 Å². The van der Waals surface area contributed by atoms with Gasteiger partial charge >= 0.3 is 0 Å². The third-order valence-electron chi connectivity index (χ3n) is 1.03. The van der Waals surface area contributed by atoms with Gasteiger partial charge in [0.2, 0.25) is 0 Å². The van der Waals surface area contributed by atoms with E-state index < -0.39 is 5.82 Å². The second kappa shape index (κ2) is 2.80. The molecule has 0 bridgehead atoms. The van der Waals surface area contributed by atoms with Gasteiger partial charge in [-0.25, -0.2) is 4.39 Å². The standard InChI is InChI=1S/C7H4ClFO/c8-7-5(4-10)2-1-3-6(7)9/h1-4H/i2D. The molecule has 0 amide bonds. The van der Waals surface area contributed by atoms with Gasteiger partial charge in [-0.05, 0) is 12.1 Å². The zero-order valence-electron chi connectivity index (χ0n) is 5.90. The molecule has 0 aliphatic rings. The lowest BCUT2D eigenvalue weighted by molar-refractivity contribution is 0.112. The van der Waals surface area contributed by atoms with Crippen LogP contribution in [0.5, 0.6) is 0 Å². The van der Waals surface area contributed by atoms with Crippen molar-refractivity contribution >= 4 is 17.9 Å². The third kappa shape index (κ3) is 1.16. The quantitative estimate of drug-likeness (QED) is 0.575. The first-order valence-electron chi connectivity index (χ1n) is 3.06. The predicted octanol–water partition coefficient (Wildman–Crippen LogP) is 2.29. The van der Waals surface area contributed by atoms with Crippen LogP contribution < -0.4 is 0 Å². The number of rotatable bonds is 1. The lowest BCUT2D eigenvalue weighted by atomic mass is 10.2. The van der Waals surface area contributed by atoms with Gasteiger partial charge in [-0.3, -0.25) is 4.79 Å². The number of benzene rings is 1. The maximum absolute atomic E-state index is 12.6. The minimum atomic E-state index is -0.676. The number of aldehydes is 1. The van der Waals surface area contributed by atoms with E-state index in [1.807, 2.05) is 0 Å². The van der Waals surface area contributed by atoms with Crippen molar-refractivity contribution in [3.8, 4) is 0 Å². The van der Waals surface area contributed by atoms with Crippen molar-refractivity contribution in [1.82, 2.24) is 0 Å². The largest absolute Gasteiger partial charge is 0.298 e. The Morgan fingerprint density at radius 2 is 2.50 bits per heavy atom. The summed E-state index contributed by atoms with van der Waals surface area (Å²) >= 11 is 5.37. The van der Waals surface area contributed by atoms with Gasteiger partial charge in [-0.1, -0.05) is 17.7 Å². The molecule has 0 heterocycles. The Labute approximate surface area is 63.8 Å². The third-order valence-corrected chi connectivity index (χ3v) is 1.42. The van der Waals surface area contributed by atoms with E-state index in [-0.39, 0.29) is 16.6 Å². The maximum atomic E-state index is 12.6. The van der Waals surface area contributed by atoms with Crippen LogP contribution >= 0.6 is 11.6 Å². The van der Waals surface area contributed by atoms with Crippen LogP contribution in [0.4, 0.5) is 4.39 Å². The molecule has 0 radical (unpaired) electrons. The number of carbonyl (C=O) groups excluding carboxylic acids is 1. The summed E-state index contributed by atoms with van der Waals surface area (Å²) in [6, 6.07) is 2.18. The lowest BCUT2D eigenvalue weighted by Crippen LogP contribution is -1.84. The number of carbonyl (C=O) groups is 1. The Balaban J connectivity index is 3.40. The van der Waals surface area contributed by atoms with Crippen LogP contribution in [0.2, 0.25) is 5.02 Å². The van der Waals surface area contributed by atoms with Crippen LogP contribution in [-0.2, 0) is 0 Å². The summed E-state index contributed by atoms with van der Waals surface area (Å²) in [7, 11) is 0. The second-order valence-corrected chi connectivity index (χ2v) is 2.05. The molecule has 0 atom stereocenters. The molecule has 10 heavy (non-hydrogen) atoms. The molecule has 52 valence electrons. The summed E-state index contributed by atoms with van der Waals surface area (Å²) < 4.78 is 19.7. The fourth-order valence-electron chi connectivity index (χ4n) is 0.556. The first-order chi connectivity index (χ1) is 5.16.